The molecule has 30 heavy (non-hydrogen) atoms. The van der Waals surface area contributed by atoms with Crippen molar-refractivity contribution in [1.29, 1.82) is 0 Å². The number of halogens is 1. The number of rotatable bonds is 6. The van der Waals surface area contributed by atoms with Crippen LogP contribution in [0.2, 0.25) is 0 Å². The molecule has 1 amide bonds. The van der Waals surface area contributed by atoms with Crippen molar-refractivity contribution in [2.24, 2.45) is 0 Å². The summed E-state index contributed by atoms with van der Waals surface area (Å²) in [6, 6.07) is 3.81. The van der Waals surface area contributed by atoms with Crippen molar-refractivity contribution in [3.63, 3.8) is 0 Å². The summed E-state index contributed by atoms with van der Waals surface area (Å²) in [5.74, 6) is -1.64. The van der Waals surface area contributed by atoms with Crippen LogP contribution >= 0.6 is 0 Å². The number of nitrogens with one attached hydrogen (secondary N) is 2. The van der Waals surface area contributed by atoms with Crippen LogP contribution in [0.5, 0.6) is 5.75 Å². The minimum absolute atomic E-state index is 0.00608. The second-order valence-corrected chi connectivity index (χ2v) is 9.87. The number of phenols is 1. The molecule has 0 radical (unpaired) electrons. The Kier molecular flexibility index (Phi) is 6.77. The third kappa shape index (κ3) is 5.79. The van der Waals surface area contributed by atoms with E-state index in [0.29, 0.717) is 5.56 Å². The van der Waals surface area contributed by atoms with Gasteiger partial charge in [-0.1, -0.05) is 49.6 Å². The summed E-state index contributed by atoms with van der Waals surface area (Å²) in [5.41, 5.74) is -0.404. The molecular weight excluding hydrogens is 407 g/mol. The molecule has 2 aliphatic carbocycles. The van der Waals surface area contributed by atoms with E-state index in [9.17, 15) is 22.7 Å². The maximum atomic E-state index is 13.4. The number of aromatic hydroxyl groups is 1. The third-order valence-electron chi connectivity index (χ3n) is 5.35. The van der Waals surface area contributed by atoms with Crippen molar-refractivity contribution in [3.8, 4) is 5.75 Å². The van der Waals surface area contributed by atoms with Gasteiger partial charge in [0.1, 0.15) is 5.25 Å². The van der Waals surface area contributed by atoms with Gasteiger partial charge in [0.2, 0.25) is 15.9 Å². The van der Waals surface area contributed by atoms with Gasteiger partial charge < -0.3 is 10.4 Å². The molecule has 3 rings (SSSR count). The van der Waals surface area contributed by atoms with Gasteiger partial charge in [-0.2, -0.15) is 0 Å². The van der Waals surface area contributed by atoms with E-state index in [2.05, 4.69) is 10.0 Å². The molecule has 1 aromatic rings. The Morgan fingerprint density at radius 1 is 1.20 bits per heavy atom. The smallest absolute Gasteiger partial charge is 0.244 e. The molecule has 3 N–H and O–H groups in total. The Labute approximate surface area is 176 Å². The summed E-state index contributed by atoms with van der Waals surface area (Å²) in [5, 5.41) is 11.2. The van der Waals surface area contributed by atoms with Crippen LogP contribution in [-0.2, 0) is 14.8 Å². The van der Waals surface area contributed by atoms with E-state index < -0.39 is 38.3 Å². The molecule has 0 heterocycles. The molecule has 0 aliphatic heterocycles. The van der Waals surface area contributed by atoms with Crippen LogP contribution in [-0.4, -0.2) is 36.3 Å². The van der Waals surface area contributed by atoms with Gasteiger partial charge in [-0.3, -0.25) is 4.79 Å². The molecule has 0 saturated heterocycles. The molecule has 0 aromatic heterocycles. The second-order valence-electron chi connectivity index (χ2n) is 8.00. The molecular formula is C22H27FN2O4S. The van der Waals surface area contributed by atoms with Crippen molar-refractivity contribution in [2.75, 3.05) is 0 Å². The molecule has 0 spiro atoms. The van der Waals surface area contributed by atoms with Crippen LogP contribution in [0, 0.1) is 5.82 Å². The standard InChI is InChI=1S/C22H27FN2O4S/c1-22(24-21(27)10-8-16-7-9-20(26)19(23)15-16)13-11-18(12-14-22)30(28,29)25-17-5-3-2-4-6-17/h7-15,17-18,25-26H,2-6H2,1H3,(H,24,27)/b10-8+. The highest BCUT2D eigenvalue weighted by molar-refractivity contribution is 7.90. The minimum atomic E-state index is -3.52. The van der Waals surface area contributed by atoms with Gasteiger partial charge in [-0.25, -0.2) is 17.5 Å². The lowest BCUT2D eigenvalue weighted by molar-refractivity contribution is -0.117. The number of hydrogen-bond donors (Lipinski definition) is 3. The number of sulfonamides is 1. The predicted molar refractivity (Wildman–Crippen MR) is 115 cm³/mol. The first kappa shape index (κ1) is 22.2. The van der Waals surface area contributed by atoms with Crippen LogP contribution in [0.15, 0.2) is 48.6 Å². The summed E-state index contributed by atoms with van der Waals surface area (Å²) in [7, 11) is -3.52. The number of hydrogen-bond acceptors (Lipinski definition) is 4. The van der Waals surface area contributed by atoms with E-state index in [1.54, 1.807) is 31.2 Å². The minimum Gasteiger partial charge on any atom is -0.505 e. The zero-order valence-corrected chi connectivity index (χ0v) is 17.7. The Balaban J connectivity index is 1.58. The van der Waals surface area contributed by atoms with Crippen molar-refractivity contribution < 1.29 is 22.7 Å². The molecule has 0 bridgehead atoms. The fraction of sp³-hybridized carbons (Fsp3) is 0.409. The number of carbonyl (C=O) groups excluding carboxylic acids is 1. The largest absolute Gasteiger partial charge is 0.505 e. The Morgan fingerprint density at radius 3 is 2.50 bits per heavy atom. The van der Waals surface area contributed by atoms with Gasteiger partial charge in [0.15, 0.2) is 11.6 Å². The molecule has 6 nitrogen and oxygen atoms in total. The van der Waals surface area contributed by atoms with Gasteiger partial charge >= 0.3 is 0 Å². The highest BCUT2D eigenvalue weighted by atomic mass is 32.2. The number of amides is 1. The highest BCUT2D eigenvalue weighted by Gasteiger charge is 2.30. The monoisotopic (exact) mass is 434 g/mol. The van der Waals surface area contributed by atoms with Gasteiger partial charge in [0, 0.05) is 12.1 Å². The summed E-state index contributed by atoms with van der Waals surface area (Å²) < 4.78 is 41.4. The van der Waals surface area contributed by atoms with E-state index in [1.807, 2.05) is 0 Å². The molecule has 1 fully saturated rings. The van der Waals surface area contributed by atoms with E-state index in [-0.39, 0.29) is 6.04 Å². The maximum absolute atomic E-state index is 13.4. The second kappa shape index (κ2) is 9.14. The van der Waals surface area contributed by atoms with Crippen LogP contribution < -0.4 is 10.0 Å². The molecule has 2 aliphatic rings. The molecule has 0 unspecified atom stereocenters. The van der Waals surface area contributed by atoms with Crippen LogP contribution in [0.25, 0.3) is 6.08 Å². The van der Waals surface area contributed by atoms with Crippen LogP contribution in [0.1, 0.15) is 44.6 Å². The zero-order chi connectivity index (χ0) is 21.8. The third-order valence-corrected chi connectivity index (χ3v) is 7.04. The lowest BCUT2D eigenvalue weighted by atomic mass is 9.96. The first-order valence-corrected chi connectivity index (χ1v) is 11.6. The van der Waals surface area contributed by atoms with E-state index in [1.165, 1.54) is 24.3 Å². The van der Waals surface area contributed by atoms with Gasteiger partial charge in [0.05, 0.1) is 5.54 Å². The lowest BCUT2D eigenvalue weighted by Gasteiger charge is -2.29. The van der Waals surface area contributed by atoms with Crippen molar-refractivity contribution >= 4 is 22.0 Å². The average Bonchev–Trinajstić information content (AvgIpc) is 2.69. The summed E-state index contributed by atoms with van der Waals surface area (Å²) >= 11 is 0. The van der Waals surface area contributed by atoms with E-state index in [4.69, 9.17) is 0 Å². The predicted octanol–water partition coefficient (Wildman–Crippen LogP) is 3.17. The summed E-state index contributed by atoms with van der Waals surface area (Å²) in [6.07, 6.45) is 14.1. The van der Waals surface area contributed by atoms with Gasteiger partial charge in [-0.05, 0) is 43.5 Å². The van der Waals surface area contributed by atoms with E-state index in [0.717, 1.165) is 38.2 Å². The number of carbonyl (C=O) groups is 1. The Morgan fingerprint density at radius 2 is 1.87 bits per heavy atom. The lowest BCUT2D eigenvalue weighted by Crippen LogP contribution is -2.46. The molecule has 1 aromatic carbocycles. The van der Waals surface area contributed by atoms with Crippen molar-refractivity contribution in [1.82, 2.24) is 10.0 Å². The first-order valence-electron chi connectivity index (χ1n) is 10.1. The Bertz CT molecular complexity index is 965. The van der Waals surface area contributed by atoms with Gasteiger partial charge in [-0.15, -0.1) is 0 Å². The maximum Gasteiger partial charge on any atom is 0.244 e. The van der Waals surface area contributed by atoms with Crippen molar-refractivity contribution in [2.45, 2.75) is 55.9 Å². The topological polar surface area (TPSA) is 95.5 Å². The molecule has 1 saturated carbocycles. The van der Waals surface area contributed by atoms with Crippen LogP contribution in [0.4, 0.5) is 4.39 Å². The zero-order valence-electron chi connectivity index (χ0n) is 16.8. The SMILES string of the molecule is CC1(NC(=O)/C=C/c2ccc(O)c(F)c2)C=CC(S(=O)(=O)NC2CCCCC2)C=C1. The van der Waals surface area contributed by atoms with E-state index >= 15 is 0 Å². The fourth-order valence-corrected chi connectivity index (χ4v) is 5.06. The van der Waals surface area contributed by atoms with Crippen molar-refractivity contribution in [3.05, 3.63) is 60.0 Å². The number of benzene rings is 1. The Hall–Kier alpha value is -2.45. The van der Waals surface area contributed by atoms with Gasteiger partial charge in [0.25, 0.3) is 0 Å². The highest BCUT2D eigenvalue weighted by Crippen LogP contribution is 2.22. The summed E-state index contributed by atoms with van der Waals surface area (Å²) in [6.45, 7) is 1.75. The van der Waals surface area contributed by atoms with Crippen LogP contribution in [0.3, 0.4) is 0 Å². The average molecular weight is 435 g/mol. The molecule has 162 valence electrons. The number of phenolic OH excluding ortho intramolecular Hbond substituents is 1. The molecule has 0 atom stereocenters. The quantitative estimate of drug-likeness (QED) is 0.473. The molecule has 8 heteroatoms. The first-order chi connectivity index (χ1) is 14.2. The summed E-state index contributed by atoms with van der Waals surface area (Å²) in [4.78, 5) is 12.2. The fourth-order valence-electron chi connectivity index (χ4n) is 3.64. The normalized spacial score (nSPS) is 24.9.